The molecule has 1 saturated heterocycles. The second kappa shape index (κ2) is 14.0. The molecule has 0 saturated carbocycles. The fraction of sp³-hybridized carbons (Fsp3) is 0.947. The van der Waals surface area contributed by atoms with E-state index in [0.29, 0.717) is 0 Å². The number of rotatable bonds is 14. The fourth-order valence-electron chi connectivity index (χ4n) is 3.20. The number of hydrogen-bond donors (Lipinski definition) is 2. The van der Waals surface area contributed by atoms with E-state index in [0.717, 1.165) is 32.5 Å². The first-order chi connectivity index (χ1) is 10.8. The molecule has 1 atom stereocenters. The first-order valence-corrected chi connectivity index (χ1v) is 9.83. The molecule has 1 rings (SSSR count). The van der Waals surface area contributed by atoms with Crippen LogP contribution in [0, 0.1) is 5.92 Å². The van der Waals surface area contributed by atoms with Gasteiger partial charge in [-0.1, -0.05) is 77.6 Å². The molecule has 0 aromatic heterocycles. The zero-order valence-electron chi connectivity index (χ0n) is 14.8. The van der Waals surface area contributed by atoms with Crippen molar-refractivity contribution in [3.63, 3.8) is 0 Å². The zero-order chi connectivity index (χ0) is 15.9. The van der Waals surface area contributed by atoms with Crippen molar-refractivity contribution in [1.82, 2.24) is 10.6 Å². The Labute approximate surface area is 138 Å². The lowest BCUT2D eigenvalue weighted by atomic mass is 10.1. The smallest absolute Gasteiger partial charge is 0.224 e. The summed E-state index contributed by atoms with van der Waals surface area (Å²) in [6, 6.07) is 0. The van der Waals surface area contributed by atoms with E-state index < -0.39 is 0 Å². The van der Waals surface area contributed by atoms with Gasteiger partial charge in [0.15, 0.2) is 0 Å². The van der Waals surface area contributed by atoms with Crippen LogP contribution >= 0.6 is 0 Å². The molecular formula is C19H38N2O. The van der Waals surface area contributed by atoms with Crippen molar-refractivity contribution < 1.29 is 4.79 Å². The Hall–Kier alpha value is -0.570. The first-order valence-electron chi connectivity index (χ1n) is 9.83. The van der Waals surface area contributed by atoms with E-state index in [1.807, 2.05) is 0 Å². The maximum absolute atomic E-state index is 11.8. The normalized spacial score (nSPS) is 17.8. The molecule has 1 heterocycles. The highest BCUT2D eigenvalue weighted by Gasteiger charge is 2.21. The summed E-state index contributed by atoms with van der Waals surface area (Å²) >= 11 is 0. The van der Waals surface area contributed by atoms with Crippen LogP contribution in [-0.2, 0) is 4.79 Å². The highest BCUT2D eigenvalue weighted by atomic mass is 16.1. The van der Waals surface area contributed by atoms with Gasteiger partial charge in [-0.05, 0) is 19.4 Å². The van der Waals surface area contributed by atoms with E-state index in [4.69, 9.17) is 0 Å². The van der Waals surface area contributed by atoms with Crippen LogP contribution in [0.1, 0.15) is 90.4 Å². The Balaban J connectivity index is 1.73. The van der Waals surface area contributed by atoms with Gasteiger partial charge in [-0.15, -0.1) is 0 Å². The van der Waals surface area contributed by atoms with Crippen molar-refractivity contribution in [2.45, 2.75) is 90.4 Å². The Bertz CT molecular complexity index is 262. The SMILES string of the molecule is CCCCCCCCCCCCCCNC(=O)[C@H]1CCNC1. The summed E-state index contributed by atoms with van der Waals surface area (Å²) in [4.78, 5) is 11.8. The van der Waals surface area contributed by atoms with Gasteiger partial charge in [-0.25, -0.2) is 0 Å². The van der Waals surface area contributed by atoms with Crippen molar-refractivity contribution in [2.24, 2.45) is 5.92 Å². The van der Waals surface area contributed by atoms with Crippen molar-refractivity contribution in [3.8, 4) is 0 Å². The maximum Gasteiger partial charge on any atom is 0.224 e. The van der Waals surface area contributed by atoms with Crippen LogP contribution < -0.4 is 10.6 Å². The molecule has 0 radical (unpaired) electrons. The van der Waals surface area contributed by atoms with E-state index in [2.05, 4.69) is 17.6 Å². The lowest BCUT2D eigenvalue weighted by Gasteiger charge is -2.09. The predicted octanol–water partition coefficient (Wildman–Crippen LogP) is 4.41. The lowest BCUT2D eigenvalue weighted by Crippen LogP contribution is -2.32. The van der Waals surface area contributed by atoms with E-state index in [1.54, 1.807) is 0 Å². The summed E-state index contributed by atoms with van der Waals surface area (Å²) < 4.78 is 0. The highest BCUT2D eigenvalue weighted by molar-refractivity contribution is 5.79. The predicted molar refractivity (Wildman–Crippen MR) is 95.1 cm³/mol. The molecule has 0 spiro atoms. The van der Waals surface area contributed by atoms with Crippen molar-refractivity contribution >= 4 is 5.91 Å². The molecule has 0 aromatic rings. The molecule has 1 amide bonds. The van der Waals surface area contributed by atoms with Crippen LogP contribution in [0.25, 0.3) is 0 Å². The average Bonchev–Trinajstić information content (AvgIpc) is 3.06. The Morgan fingerprint density at radius 2 is 1.45 bits per heavy atom. The monoisotopic (exact) mass is 310 g/mol. The van der Waals surface area contributed by atoms with Gasteiger partial charge in [0, 0.05) is 13.1 Å². The quantitative estimate of drug-likeness (QED) is 0.467. The number of carbonyl (C=O) groups is 1. The second-order valence-corrected chi connectivity index (χ2v) is 6.87. The number of unbranched alkanes of at least 4 members (excludes halogenated alkanes) is 11. The molecular weight excluding hydrogens is 272 g/mol. The minimum absolute atomic E-state index is 0.220. The maximum atomic E-state index is 11.8. The van der Waals surface area contributed by atoms with E-state index in [9.17, 15) is 4.79 Å². The lowest BCUT2D eigenvalue weighted by molar-refractivity contribution is -0.124. The summed E-state index contributed by atoms with van der Waals surface area (Å²) in [6.45, 7) is 5.01. The summed E-state index contributed by atoms with van der Waals surface area (Å²) in [5.41, 5.74) is 0. The van der Waals surface area contributed by atoms with Gasteiger partial charge < -0.3 is 10.6 Å². The molecule has 3 heteroatoms. The van der Waals surface area contributed by atoms with Gasteiger partial charge in [0.25, 0.3) is 0 Å². The summed E-state index contributed by atoms with van der Waals surface area (Å²) in [6.07, 6.45) is 17.4. The van der Waals surface area contributed by atoms with Crippen molar-refractivity contribution in [1.29, 1.82) is 0 Å². The van der Waals surface area contributed by atoms with Crippen LogP contribution in [-0.4, -0.2) is 25.5 Å². The Kier molecular flexibility index (Phi) is 12.4. The molecule has 0 aromatic carbocycles. The molecule has 130 valence electrons. The third-order valence-electron chi connectivity index (χ3n) is 4.76. The summed E-state index contributed by atoms with van der Waals surface area (Å²) in [5.74, 6) is 0.477. The Morgan fingerprint density at radius 3 is 1.95 bits per heavy atom. The van der Waals surface area contributed by atoms with Crippen LogP contribution in [0.2, 0.25) is 0 Å². The molecule has 1 aliphatic heterocycles. The standard InChI is InChI=1S/C19H38N2O/c1-2-3-4-5-6-7-8-9-10-11-12-13-15-21-19(22)18-14-16-20-17-18/h18,20H,2-17H2,1H3,(H,21,22)/t18-/m0/s1. The minimum atomic E-state index is 0.220. The molecule has 1 aliphatic rings. The minimum Gasteiger partial charge on any atom is -0.356 e. The molecule has 3 nitrogen and oxygen atoms in total. The largest absolute Gasteiger partial charge is 0.356 e. The average molecular weight is 311 g/mol. The van der Waals surface area contributed by atoms with Crippen LogP contribution in [0.3, 0.4) is 0 Å². The molecule has 2 N–H and O–H groups in total. The van der Waals surface area contributed by atoms with E-state index in [-0.39, 0.29) is 11.8 Å². The van der Waals surface area contributed by atoms with E-state index >= 15 is 0 Å². The van der Waals surface area contributed by atoms with Crippen molar-refractivity contribution in [3.05, 3.63) is 0 Å². The van der Waals surface area contributed by atoms with Crippen LogP contribution in [0.5, 0.6) is 0 Å². The highest BCUT2D eigenvalue weighted by Crippen LogP contribution is 2.12. The summed E-state index contributed by atoms with van der Waals surface area (Å²) in [7, 11) is 0. The number of amides is 1. The molecule has 0 unspecified atom stereocenters. The summed E-state index contributed by atoms with van der Waals surface area (Å²) in [5, 5.41) is 6.32. The number of hydrogen-bond acceptors (Lipinski definition) is 2. The third-order valence-corrected chi connectivity index (χ3v) is 4.76. The molecule has 1 fully saturated rings. The topological polar surface area (TPSA) is 41.1 Å². The molecule has 0 bridgehead atoms. The molecule has 0 aliphatic carbocycles. The van der Waals surface area contributed by atoms with Gasteiger partial charge >= 0.3 is 0 Å². The van der Waals surface area contributed by atoms with Gasteiger partial charge in [-0.2, -0.15) is 0 Å². The van der Waals surface area contributed by atoms with Gasteiger partial charge in [0.2, 0.25) is 5.91 Å². The number of carbonyl (C=O) groups excluding carboxylic acids is 1. The van der Waals surface area contributed by atoms with Gasteiger partial charge in [-0.3, -0.25) is 4.79 Å². The van der Waals surface area contributed by atoms with Gasteiger partial charge in [0.1, 0.15) is 0 Å². The van der Waals surface area contributed by atoms with Crippen LogP contribution in [0.4, 0.5) is 0 Å². The second-order valence-electron chi connectivity index (χ2n) is 6.87. The van der Waals surface area contributed by atoms with E-state index in [1.165, 1.54) is 70.6 Å². The van der Waals surface area contributed by atoms with Crippen LogP contribution in [0.15, 0.2) is 0 Å². The molecule has 22 heavy (non-hydrogen) atoms. The fourth-order valence-corrected chi connectivity index (χ4v) is 3.20. The van der Waals surface area contributed by atoms with Gasteiger partial charge in [0.05, 0.1) is 5.92 Å². The number of nitrogens with one attached hydrogen (secondary N) is 2. The Morgan fingerprint density at radius 1 is 0.909 bits per heavy atom. The van der Waals surface area contributed by atoms with Crippen molar-refractivity contribution in [2.75, 3.05) is 19.6 Å². The zero-order valence-corrected chi connectivity index (χ0v) is 14.8. The third kappa shape index (κ3) is 10.2. The first kappa shape index (κ1) is 19.5.